The van der Waals surface area contributed by atoms with Crippen LogP contribution in [0.25, 0.3) is 32.7 Å². The van der Waals surface area contributed by atoms with Crippen molar-refractivity contribution in [3.63, 3.8) is 0 Å². The zero-order valence-corrected chi connectivity index (χ0v) is 31.8. The quantitative estimate of drug-likeness (QED) is 0.119. The Morgan fingerprint density at radius 1 is 0.818 bits per heavy atom. The minimum Gasteiger partial charge on any atom is -0.184 e. The molecule has 6 aromatic carbocycles. The van der Waals surface area contributed by atoms with Crippen LogP contribution in [0.1, 0.15) is 57.1 Å². The number of rotatable bonds is 6. The van der Waals surface area contributed by atoms with E-state index in [1.807, 2.05) is 30.3 Å². The van der Waals surface area contributed by atoms with Gasteiger partial charge in [-0.3, -0.25) is 0 Å². The number of unbranched alkanes of at least 4 members (excludes halogenated alkanes) is 1. The van der Waals surface area contributed by atoms with E-state index in [1.54, 1.807) is 0 Å². The first-order valence-corrected chi connectivity index (χ1v) is 23.7. The Hall–Kier alpha value is -2.22. The minimum atomic E-state index is -0.826. The molecule has 6 aromatic rings. The molecule has 0 heterocycles. The second kappa shape index (κ2) is 23.2. The fraction of sp³-hybridized carbons (Fsp3) is 0.250. The molecule has 6 rings (SSSR count). The summed E-state index contributed by atoms with van der Waals surface area (Å²) in [5, 5.41) is 5.43. The summed E-state index contributed by atoms with van der Waals surface area (Å²) in [4.78, 5) is 0. The molecule has 0 saturated heterocycles. The third-order valence-corrected chi connectivity index (χ3v) is 7.19. The van der Waals surface area contributed by atoms with Gasteiger partial charge in [-0.2, -0.15) is 60.0 Å². The molecule has 2 radical (unpaired) electrons. The van der Waals surface area contributed by atoms with Crippen LogP contribution in [0.3, 0.4) is 0 Å². The first kappa shape index (κ1) is 38.0. The number of fused-ring (bicyclic) bond motifs is 2. The fourth-order valence-corrected chi connectivity index (χ4v) is 4.71. The van der Waals surface area contributed by atoms with Crippen LogP contribution in [0.15, 0.2) is 127 Å². The molecule has 1 unspecified atom stereocenters. The topological polar surface area (TPSA) is 0 Å². The van der Waals surface area contributed by atoms with Crippen molar-refractivity contribution in [1.82, 2.24) is 0 Å². The zero-order valence-electron chi connectivity index (χ0n) is 26.8. The SMILES string of the molecule is CCCCc1cc2c(-c3ccc(C(C)CC)cc3)cccc2[cH-]1.C[Si]C.[Cl][Zr][Cl].[c-]1ccccc1.c1ccc2[cH-]ccc2c1. The van der Waals surface area contributed by atoms with E-state index in [-0.39, 0.29) is 0 Å². The molecule has 0 aromatic heterocycles. The van der Waals surface area contributed by atoms with Crippen molar-refractivity contribution in [1.29, 1.82) is 0 Å². The maximum absolute atomic E-state index is 4.93. The standard InChI is InChI=1S/C23H27.C9H7.C6H5.C2H6Si.2ClH.Zr/c1-4-6-8-18-15-21-9-7-10-22(23(21)16-18)20-13-11-19(12-14-20)17(3)5-2;1-2-5-9-7-3-6-8(9)4-1;1-2-4-6-5-3-1;1-3-2;;;/h7,9-17H,4-6,8H2,1-3H3;1-7H;1-5H;1-2H3;2*1H;/q3*-1;;;;+2/p-2. The average Bonchev–Trinajstić information content (AvgIpc) is 3.73. The summed E-state index contributed by atoms with van der Waals surface area (Å²) in [6.45, 7) is 11.1. The molecule has 0 aliphatic carbocycles. The molecule has 0 bridgehead atoms. The summed E-state index contributed by atoms with van der Waals surface area (Å²) >= 11 is -0.826. The Morgan fingerprint density at radius 3 is 2.05 bits per heavy atom. The van der Waals surface area contributed by atoms with E-state index in [1.165, 1.54) is 69.5 Å². The molecule has 1 atom stereocenters. The van der Waals surface area contributed by atoms with E-state index >= 15 is 0 Å². The molecule has 0 aliphatic heterocycles. The van der Waals surface area contributed by atoms with Crippen molar-refractivity contribution >= 4 is 48.1 Å². The van der Waals surface area contributed by atoms with E-state index in [4.69, 9.17) is 17.0 Å². The largest absolute Gasteiger partial charge is 0.184 e. The van der Waals surface area contributed by atoms with Gasteiger partial charge in [-0.05, 0) is 29.9 Å². The predicted octanol–water partition coefficient (Wildman–Crippen LogP) is 13.3. The van der Waals surface area contributed by atoms with Gasteiger partial charge in [0.1, 0.15) is 0 Å². The molecule has 44 heavy (non-hydrogen) atoms. The van der Waals surface area contributed by atoms with Crippen LogP contribution >= 0.6 is 17.0 Å². The van der Waals surface area contributed by atoms with Gasteiger partial charge in [-0.25, -0.2) is 0 Å². The van der Waals surface area contributed by atoms with Crippen LogP contribution in [0.4, 0.5) is 0 Å². The predicted molar refractivity (Wildman–Crippen MR) is 196 cm³/mol. The smallest absolute Gasteiger partial charge is 0.0809 e. The number of benzene rings is 4. The van der Waals surface area contributed by atoms with Gasteiger partial charge in [0.15, 0.2) is 0 Å². The van der Waals surface area contributed by atoms with Crippen molar-refractivity contribution < 1.29 is 20.8 Å². The van der Waals surface area contributed by atoms with Crippen molar-refractivity contribution in [2.45, 2.75) is 65.5 Å². The number of aryl methyl sites for hydroxylation is 1. The maximum Gasteiger partial charge on any atom is -0.0809 e. The first-order valence-electron chi connectivity index (χ1n) is 15.4. The number of hydrogen-bond donors (Lipinski definition) is 0. The summed E-state index contributed by atoms with van der Waals surface area (Å²) in [6.07, 6.45) is 4.91. The fourth-order valence-electron chi connectivity index (χ4n) is 4.71. The number of hydrogen-bond acceptors (Lipinski definition) is 0. The van der Waals surface area contributed by atoms with Gasteiger partial charge in [0, 0.05) is 9.52 Å². The second-order valence-corrected chi connectivity index (χ2v) is 15.2. The van der Waals surface area contributed by atoms with Gasteiger partial charge in [0.25, 0.3) is 0 Å². The van der Waals surface area contributed by atoms with Crippen LogP contribution < -0.4 is 0 Å². The Morgan fingerprint density at radius 2 is 1.48 bits per heavy atom. The Balaban J connectivity index is 0.000000260. The Kier molecular flexibility index (Phi) is 20.0. The molecule has 0 aliphatic rings. The van der Waals surface area contributed by atoms with Crippen molar-refractivity contribution in [2.75, 3.05) is 0 Å². The van der Waals surface area contributed by atoms with Crippen LogP contribution in [-0.2, 0) is 27.3 Å². The van der Waals surface area contributed by atoms with Crippen molar-refractivity contribution in [3.05, 3.63) is 145 Å². The van der Waals surface area contributed by atoms with Gasteiger partial charge in [0.2, 0.25) is 0 Å². The Labute approximate surface area is 288 Å². The molecule has 230 valence electrons. The summed E-state index contributed by atoms with van der Waals surface area (Å²) < 4.78 is 0. The van der Waals surface area contributed by atoms with Crippen molar-refractivity contribution in [2.24, 2.45) is 0 Å². The average molecular weight is 716 g/mol. The molecule has 0 amide bonds. The molecule has 0 saturated carbocycles. The summed E-state index contributed by atoms with van der Waals surface area (Å²) in [6, 6.07) is 47.8. The normalized spacial score (nSPS) is 10.5. The van der Waals surface area contributed by atoms with Gasteiger partial charge >= 0.3 is 37.9 Å². The molecule has 0 fully saturated rings. The monoisotopic (exact) mass is 713 g/mol. The Bertz CT molecular complexity index is 1480. The second-order valence-electron chi connectivity index (χ2n) is 10.5. The molecule has 0 N–H and O–H groups in total. The summed E-state index contributed by atoms with van der Waals surface area (Å²) in [5.41, 5.74) is 5.61. The zero-order chi connectivity index (χ0) is 32.0. The third kappa shape index (κ3) is 13.4. The van der Waals surface area contributed by atoms with Gasteiger partial charge in [-0.1, -0.05) is 88.7 Å². The number of halogens is 2. The molecular formula is C40H45Cl2SiZr-3. The minimum absolute atomic E-state index is 0.638. The van der Waals surface area contributed by atoms with E-state index < -0.39 is 20.8 Å². The maximum atomic E-state index is 4.93. The van der Waals surface area contributed by atoms with E-state index in [0.29, 0.717) is 5.92 Å². The van der Waals surface area contributed by atoms with Crippen LogP contribution in [0, 0.1) is 6.07 Å². The summed E-state index contributed by atoms with van der Waals surface area (Å²) in [7, 11) is 11.0. The molecule has 0 spiro atoms. The van der Waals surface area contributed by atoms with E-state index in [0.717, 1.165) is 9.52 Å². The third-order valence-electron chi connectivity index (χ3n) is 7.19. The van der Waals surface area contributed by atoms with E-state index in [2.05, 4.69) is 137 Å². The van der Waals surface area contributed by atoms with E-state index in [9.17, 15) is 0 Å². The molecular weight excluding hydrogens is 671 g/mol. The van der Waals surface area contributed by atoms with Gasteiger partial charge in [0.05, 0.1) is 0 Å². The molecule has 4 heteroatoms. The van der Waals surface area contributed by atoms with Crippen LogP contribution in [0.2, 0.25) is 13.1 Å². The van der Waals surface area contributed by atoms with Crippen LogP contribution in [0.5, 0.6) is 0 Å². The summed E-state index contributed by atoms with van der Waals surface area (Å²) in [5.74, 6) is 0.638. The van der Waals surface area contributed by atoms with Crippen LogP contribution in [-0.4, -0.2) is 9.52 Å². The van der Waals surface area contributed by atoms with Gasteiger partial charge in [-0.15, -0.1) is 64.2 Å². The first-order chi connectivity index (χ1) is 21.5. The van der Waals surface area contributed by atoms with Gasteiger partial charge < -0.3 is 0 Å². The molecule has 0 nitrogen and oxygen atoms in total. The van der Waals surface area contributed by atoms with Crippen molar-refractivity contribution in [3.8, 4) is 11.1 Å².